The van der Waals surface area contributed by atoms with Gasteiger partial charge in [-0.3, -0.25) is 4.79 Å². The Morgan fingerprint density at radius 1 is 1.14 bits per heavy atom. The summed E-state index contributed by atoms with van der Waals surface area (Å²) in [5.74, 6) is -0.363. The van der Waals surface area contributed by atoms with Crippen LogP contribution in [0.25, 0.3) is 10.1 Å². The summed E-state index contributed by atoms with van der Waals surface area (Å²) in [5.41, 5.74) is 0.692. The zero-order chi connectivity index (χ0) is 15.0. The number of rotatable bonds is 3. The van der Waals surface area contributed by atoms with Crippen LogP contribution in [0, 0.1) is 5.82 Å². The van der Waals surface area contributed by atoms with Crippen molar-refractivity contribution in [3.63, 3.8) is 0 Å². The molecule has 0 radical (unpaired) electrons. The predicted molar refractivity (Wildman–Crippen MR) is 86.3 cm³/mol. The Kier molecular flexibility index (Phi) is 3.98. The van der Waals surface area contributed by atoms with Crippen molar-refractivity contribution in [1.29, 1.82) is 0 Å². The third-order valence-electron chi connectivity index (χ3n) is 3.14. The molecule has 0 N–H and O–H groups in total. The van der Waals surface area contributed by atoms with Crippen molar-refractivity contribution in [3.05, 3.63) is 68.8 Å². The molecule has 0 atom stereocenters. The van der Waals surface area contributed by atoms with Crippen LogP contribution < -0.4 is 0 Å². The second kappa shape index (κ2) is 5.76. The van der Waals surface area contributed by atoms with Gasteiger partial charge in [-0.1, -0.05) is 35.3 Å². The van der Waals surface area contributed by atoms with Crippen LogP contribution in [0.2, 0.25) is 10.0 Å². The molecule has 2 aromatic carbocycles. The summed E-state index contributed by atoms with van der Waals surface area (Å²) in [6, 6.07) is 11.4. The standard InChI is InChI=1S/C16H9Cl2FOS/c17-12-3-1-2-9(16(12)18)7-13(20)15-8-10-6-11(19)4-5-14(10)21-15/h1-6,8H,7H2. The minimum atomic E-state index is -0.308. The topological polar surface area (TPSA) is 17.1 Å². The number of ketones is 1. The van der Waals surface area contributed by atoms with Crippen molar-refractivity contribution in [1.82, 2.24) is 0 Å². The summed E-state index contributed by atoms with van der Waals surface area (Å²) in [4.78, 5) is 12.9. The molecule has 1 aromatic heterocycles. The van der Waals surface area contributed by atoms with E-state index in [0.717, 1.165) is 10.1 Å². The highest BCUT2D eigenvalue weighted by atomic mass is 35.5. The summed E-state index contributed by atoms with van der Waals surface area (Å²) in [5, 5.41) is 1.57. The molecule has 0 amide bonds. The van der Waals surface area contributed by atoms with Gasteiger partial charge in [0.05, 0.1) is 14.9 Å². The van der Waals surface area contributed by atoms with Crippen LogP contribution >= 0.6 is 34.5 Å². The molecule has 0 unspecified atom stereocenters. The monoisotopic (exact) mass is 338 g/mol. The summed E-state index contributed by atoms with van der Waals surface area (Å²) in [6.07, 6.45) is 0.175. The molecule has 0 aliphatic rings. The largest absolute Gasteiger partial charge is 0.293 e. The Morgan fingerprint density at radius 3 is 2.76 bits per heavy atom. The van der Waals surface area contributed by atoms with Gasteiger partial charge in [0, 0.05) is 11.1 Å². The highest BCUT2D eigenvalue weighted by Crippen LogP contribution is 2.30. The van der Waals surface area contributed by atoms with Gasteiger partial charge in [0.25, 0.3) is 0 Å². The molecule has 3 aromatic rings. The van der Waals surface area contributed by atoms with Crippen LogP contribution in [0.3, 0.4) is 0 Å². The number of thiophene rings is 1. The zero-order valence-electron chi connectivity index (χ0n) is 10.7. The Hall–Kier alpha value is -1.42. The van der Waals surface area contributed by atoms with Crippen LogP contribution in [0.15, 0.2) is 42.5 Å². The summed E-state index contributed by atoms with van der Waals surface area (Å²) in [6.45, 7) is 0. The first-order valence-corrected chi connectivity index (χ1v) is 7.77. The first kappa shape index (κ1) is 14.5. The molecule has 106 valence electrons. The van der Waals surface area contributed by atoms with Gasteiger partial charge in [-0.15, -0.1) is 11.3 Å². The molecule has 0 fully saturated rings. The van der Waals surface area contributed by atoms with E-state index in [4.69, 9.17) is 23.2 Å². The maximum Gasteiger partial charge on any atom is 0.177 e. The van der Waals surface area contributed by atoms with Crippen molar-refractivity contribution in [2.75, 3.05) is 0 Å². The fourth-order valence-electron chi connectivity index (χ4n) is 2.10. The lowest BCUT2D eigenvalue weighted by Crippen LogP contribution is -2.01. The molecule has 5 heteroatoms. The van der Waals surface area contributed by atoms with E-state index < -0.39 is 0 Å². The SMILES string of the molecule is O=C(Cc1cccc(Cl)c1Cl)c1cc2cc(F)ccc2s1. The van der Waals surface area contributed by atoms with Crippen LogP contribution in [0.1, 0.15) is 15.2 Å². The highest BCUT2D eigenvalue weighted by molar-refractivity contribution is 7.20. The Balaban J connectivity index is 1.91. The number of carbonyl (C=O) groups excluding carboxylic acids is 1. The van der Waals surface area contributed by atoms with Crippen molar-refractivity contribution < 1.29 is 9.18 Å². The van der Waals surface area contributed by atoms with Gasteiger partial charge in [0.1, 0.15) is 5.82 Å². The first-order chi connectivity index (χ1) is 10.0. The van der Waals surface area contributed by atoms with Crippen molar-refractivity contribution in [3.8, 4) is 0 Å². The Labute approximate surface area is 134 Å². The van der Waals surface area contributed by atoms with E-state index in [-0.39, 0.29) is 18.0 Å². The first-order valence-electron chi connectivity index (χ1n) is 6.20. The van der Waals surface area contributed by atoms with Crippen LogP contribution in [0.4, 0.5) is 4.39 Å². The van der Waals surface area contributed by atoms with E-state index in [1.54, 1.807) is 30.3 Å². The van der Waals surface area contributed by atoms with Gasteiger partial charge in [-0.25, -0.2) is 4.39 Å². The molecular weight excluding hydrogens is 330 g/mol. The molecule has 0 saturated heterocycles. The summed E-state index contributed by atoms with van der Waals surface area (Å²) in [7, 11) is 0. The van der Waals surface area contributed by atoms with Gasteiger partial charge in [-0.05, 0) is 41.3 Å². The van der Waals surface area contributed by atoms with E-state index in [1.165, 1.54) is 23.5 Å². The Bertz CT molecular complexity index is 841. The number of hydrogen-bond acceptors (Lipinski definition) is 2. The van der Waals surface area contributed by atoms with Crippen LogP contribution in [-0.2, 0) is 6.42 Å². The summed E-state index contributed by atoms with van der Waals surface area (Å²) < 4.78 is 14.1. The molecule has 0 aliphatic heterocycles. The van der Waals surface area contributed by atoms with Crippen molar-refractivity contribution in [2.45, 2.75) is 6.42 Å². The number of benzene rings is 2. The van der Waals surface area contributed by atoms with E-state index in [9.17, 15) is 9.18 Å². The van der Waals surface area contributed by atoms with Gasteiger partial charge in [0.15, 0.2) is 5.78 Å². The average molecular weight is 339 g/mol. The highest BCUT2D eigenvalue weighted by Gasteiger charge is 2.14. The van der Waals surface area contributed by atoms with Gasteiger partial charge < -0.3 is 0 Å². The molecule has 0 spiro atoms. The van der Waals surface area contributed by atoms with E-state index >= 15 is 0 Å². The maximum absolute atomic E-state index is 13.2. The smallest absolute Gasteiger partial charge is 0.177 e. The van der Waals surface area contributed by atoms with E-state index in [1.807, 2.05) is 0 Å². The molecule has 1 nitrogen and oxygen atoms in total. The number of Topliss-reactive ketones (excluding diaryl/α,β-unsaturated/α-hetero) is 1. The number of halogens is 3. The van der Waals surface area contributed by atoms with Gasteiger partial charge in [-0.2, -0.15) is 0 Å². The Morgan fingerprint density at radius 2 is 1.95 bits per heavy atom. The fourth-order valence-corrected chi connectivity index (χ4v) is 3.46. The third-order valence-corrected chi connectivity index (χ3v) is 5.15. The molecule has 1 heterocycles. The average Bonchev–Trinajstić information content (AvgIpc) is 2.87. The van der Waals surface area contributed by atoms with Gasteiger partial charge in [0.2, 0.25) is 0 Å². The predicted octanol–water partition coefficient (Wildman–Crippen LogP) is 5.77. The molecule has 0 saturated carbocycles. The van der Waals surface area contributed by atoms with Crippen molar-refractivity contribution in [2.24, 2.45) is 0 Å². The lowest BCUT2D eigenvalue weighted by Gasteiger charge is -2.03. The molecule has 0 bridgehead atoms. The number of carbonyl (C=O) groups is 1. The lowest BCUT2D eigenvalue weighted by atomic mass is 10.1. The zero-order valence-corrected chi connectivity index (χ0v) is 13.0. The summed E-state index contributed by atoms with van der Waals surface area (Å²) >= 11 is 13.4. The lowest BCUT2D eigenvalue weighted by molar-refractivity contribution is 0.0997. The normalized spacial score (nSPS) is 11.0. The van der Waals surface area contributed by atoms with Gasteiger partial charge >= 0.3 is 0 Å². The van der Waals surface area contributed by atoms with E-state index in [0.29, 0.717) is 20.5 Å². The third kappa shape index (κ3) is 2.95. The minimum absolute atomic E-state index is 0.0548. The molecule has 3 rings (SSSR count). The molecule has 21 heavy (non-hydrogen) atoms. The minimum Gasteiger partial charge on any atom is -0.293 e. The van der Waals surface area contributed by atoms with Crippen LogP contribution in [-0.4, -0.2) is 5.78 Å². The number of fused-ring (bicyclic) bond motifs is 1. The number of hydrogen-bond donors (Lipinski definition) is 0. The van der Waals surface area contributed by atoms with Crippen LogP contribution in [0.5, 0.6) is 0 Å². The second-order valence-corrected chi connectivity index (χ2v) is 6.47. The van der Waals surface area contributed by atoms with Crippen molar-refractivity contribution >= 4 is 50.4 Å². The molecular formula is C16H9Cl2FOS. The maximum atomic E-state index is 13.2. The molecule has 0 aliphatic carbocycles. The quantitative estimate of drug-likeness (QED) is 0.554. The fraction of sp³-hybridized carbons (Fsp3) is 0.0625. The van der Waals surface area contributed by atoms with E-state index in [2.05, 4.69) is 0 Å². The second-order valence-electron chi connectivity index (χ2n) is 4.61.